The summed E-state index contributed by atoms with van der Waals surface area (Å²) in [6.45, 7) is 0. The summed E-state index contributed by atoms with van der Waals surface area (Å²) in [5.74, 6) is -2.62. The van der Waals surface area contributed by atoms with Crippen LogP contribution in [0, 0.1) is 0 Å². The summed E-state index contributed by atoms with van der Waals surface area (Å²) >= 11 is 0. The van der Waals surface area contributed by atoms with E-state index in [9.17, 15) is 9.59 Å². The van der Waals surface area contributed by atoms with Crippen molar-refractivity contribution in [1.82, 2.24) is 0 Å². The van der Waals surface area contributed by atoms with Gasteiger partial charge in [-0.05, 0) is 0 Å². The summed E-state index contributed by atoms with van der Waals surface area (Å²) in [6, 6.07) is 0. The second-order valence-corrected chi connectivity index (χ2v) is 0.964. The van der Waals surface area contributed by atoms with Crippen LogP contribution >= 0.6 is 0 Å². The van der Waals surface area contributed by atoms with Gasteiger partial charge in [0.1, 0.15) is 6.42 Å². The number of carbonyl (C=O) groups is 2. The van der Waals surface area contributed by atoms with Gasteiger partial charge < -0.3 is 10.2 Å². The summed E-state index contributed by atoms with van der Waals surface area (Å²) in [6.07, 6.45) is -0.806. The third kappa shape index (κ3) is 9.65. The van der Waals surface area contributed by atoms with Gasteiger partial charge in [-0.1, -0.05) is 0 Å². The average molecular weight is 194 g/mol. The number of carboxylic acid groups (broad SMARTS) is 2. The summed E-state index contributed by atoms with van der Waals surface area (Å²) < 4.78 is 0. The molecule has 0 heterocycles. The molecular weight excluding hydrogens is 188 g/mol. The monoisotopic (exact) mass is 194 g/mol. The van der Waals surface area contributed by atoms with E-state index in [1.807, 2.05) is 0 Å². The Labute approximate surface area is 82.8 Å². The SMILES string of the molecule is O=C(O)CC(=O)O.[SrH2]. The second-order valence-electron chi connectivity index (χ2n) is 0.964. The van der Waals surface area contributed by atoms with Crippen LogP contribution in [0.15, 0.2) is 0 Å². The molecule has 0 bridgehead atoms. The van der Waals surface area contributed by atoms with Crippen LogP contribution in [0.4, 0.5) is 0 Å². The van der Waals surface area contributed by atoms with Crippen LogP contribution in [0.3, 0.4) is 0 Å². The van der Waals surface area contributed by atoms with Gasteiger partial charge in [0.2, 0.25) is 0 Å². The topological polar surface area (TPSA) is 74.6 Å². The van der Waals surface area contributed by atoms with E-state index in [-0.39, 0.29) is 45.5 Å². The van der Waals surface area contributed by atoms with Crippen molar-refractivity contribution in [3.8, 4) is 0 Å². The Balaban J connectivity index is 0. The molecule has 0 aliphatic heterocycles. The summed E-state index contributed by atoms with van der Waals surface area (Å²) in [5.41, 5.74) is 0. The first-order valence-corrected chi connectivity index (χ1v) is 1.56. The van der Waals surface area contributed by atoms with Gasteiger partial charge in [0.15, 0.2) is 0 Å². The van der Waals surface area contributed by atoms with Gasteiger partial charge >= 0.3 is 57.4 Å². The predicted molar refractivity (Wildman–Crippen MR) is 28.4 cm³/mol. The third-order valence-electron chi connectivity index (χ3n) is 0.302. The van der Waals surface area contributed by atoms with Gasteiger partial charge in [-0.15, -0.1) is 0 Å². The normalized spacial score (nSPS) is 7.00. The Morgan fingerprint density at radius 1 is 1.12 bits per heavy atom. The maximum absolute atomic E-state index is 9.43. The fourth-order valence-electron chi connectivity index (χ4n) is 0.129. The molecule has 0 radical (unpaired) electrons. The van der Waals surface area contributed by atoms with E-state index in [0.29, 0.717) is 0 Å². The number of hydrogen-bond donors (Lipinski definition) is 2. The molecule has 0 rings (SSSR count). The molecule has 0 aromatic heterocycles. The zero-order valence-corrected chi connectivity index (χ0v) is 3.42. The Bertz CT molecular complexity index is 87.5. The van der Waals surface area contributed by atoms with E-state index in [4.69, 9.17) is 10.2 Å². The van der Waals surface area contributed by atoms with Crippen LogP contribution in [0.25, 0.3) is 0 Å². The molecule has 0 aliphatic carbocycles. The number of hydrogen-bond acceptors (Lipinski definition) is 2. The molecule has 0 amide bonds. The summed E-state index contributed by atoms with van der Waals surface area (Å²) in [7, 11) is 0. The quantitative estimate of drug-likeness (QED) is 0.419. The zero-order valence-electron chi connectivity index (χ0n) is 3.42. The van der Waals surface area contributed by atoms with Crippen molar-refractivity contribution in [2.75, 3.05) is 0 Å². The molecule has 0 unspecified atom stereocenters. The molecule has 0 spiro atoms. The molecule has 5 heteroatoms. The fraction of sp³-hybridized carbons (Fsp3) is 0.333. The molecule has 0 saturated heterocycles. The van der Waals surface area contributed by atoms with Crippen LogP contribution in [0.5, 0.6) is 0 Å². The Hall–Kier alpha value is 0.421. The standard InChI is InChI=1S/C3H4O4.Sr.2H/c4-2(5)1-3(6)7;;;/h1H2,(H,4,5)(H,6,7);;;. The van der Waals surface area contributed by atoms with E-state index in [1.165, 1.54) is 0 Å². The van der Waals surface area contributed by atoms with E-state index >= 15 is 0 Å². The van der Waals surface area contributed by atoms with E-state index in [1.54, 1.807) is 0 Å². The minimum absolute atomic E-state index is 0. The average Bonchev–Trinajstić information content (AvgIpc) is 1.27. The van der Waals surface area contributed by atoms with Crippen LogP contribution in [0.1, 0.15) is 6.42 Å². The van der Waals surface area contributed by atoms with Gasteiger partial charge in [0, 0.05) is 0 Å². The first-order chi connectivity index (χ1) is 3.13. The second kappa shape index (κ2) is 5.56. The predicted octanol–water partition coefficient (Wildman–Crippen LogP) is -1.37. The Kier molecular flexibility index (Phi) is 7.81. The molecule has 0 saturated carbocycles. The maximum atomic E-state index is 9.43. The van der Waals surface area contributed by atoms with E-state index in [0.717, 1.165) is 0 Å². The Morgan fingerprint density at radius 2 is 1.38 bits per heavy atom. The van der Waals surface area contributed by atoms with Crippen molar-refractivity contribution in [1.29, 1.82) is 0 Å². The van der Waals surface area contributed by atoms with E-state index < -0.39 is 18.4 Å². The molecule has 2 N–H and O–H groups in total. The van der Waals surface area contributed by atoms with Crippen molar-refractivity contribution < 1.29 is 19.8 Å². The number of carboxylic acids is 2. The van der Waals surface area contributed by atoms with Crippen LogP contribution in [0.2, 0.25) is 0 Å². The number of rotatable bonds is 2. The molecule has 0 aliphatic rings. The van der Waals surface area contributed by atoms with Gasteiger partial charge in [0.05, 0.1) is 0 Å². The van der Waals surface area contributed by atoms with E-state index in [2.05, 4.69) is 0 Å². The van der Waals surface area contributed by atoms with Crippen molar-refractivity contribution >= 4 is 57.4 Å². The molecule has 4 nitrogen and oxygen atoms in total. The minimum atomic E-state index is -1.31. The van der Waals surface area contributed by atoms with Crippen molar-refractivity contribution in [3.05, 3.63) is 0 Å². The molecule has 44 valence electrons. The fourth-order valence-corrected chi connectivity index (χ4v) is 0.129. The van der Waals surface area contributed by atoms with Crippen LogP contribution in [-0.2, 0) is 9.59 Å². The van der Waals surface area contributed by atoms with Crippen molar-refractivity contribution in [2.24, 2.45) is 0 Å². The molecular formula is C3H6O4Sr. The van der Waals surface area contributed by atoms with Crippen LogP contribution in [-0.4, -0.2) is 67.6 Å². The van der Waals surface area contributed by atoms with Crippen molar-refractivity contribution in [2.45, 2.75) is 6.42 Å². The van der Waals surface area contributed by atoms with Crippen molar-refractivity contribution in [3.63, 3.8) is 0 Å². The van der Waals surface area contributed by atoms with Gasteiger partial charge in [-0.2, -0.15) is 0 Å². The van der Waals surface area contributed by atoms with Gasteiger partial charge in [-0.3, -0.25) is 9.59 Å². The molecule has 0 aromatic rings. The first kappa shape index (κ1) is 11.2. The molecule has 0 fully saturated rings. The molecule has 0 aromatic carbocycles. The van der Waals surface area contributed by atoms with Crippen LogP contribution < -0.4 is 0 Å². The third-order valence-corrected chi connectivity index (χ3v) is 0.302. The molecule has 8 heavy (non-hydrogen) atoms. The Morgan fingerprint density at radius 3 is 1.38 bits per heavy atom. The first-order valence-electron chi connectivity index (χ1n) is 1.56. The van der Waals surface area contributed by atoms with Gasteiger partial charge in [0.25, 0.3) is 0 Å². The summed E-state index contributed by atoms with van der Waals surface area (Å²) in [4.78, 5) is 18.9. The van der Waals surface area contributed by atoms with Gasteiger partial charge in [-0.25, -0.2) is 0 Å². The zero-order chi connectivity index (χ0) is 5.86. The summed E-state index contributed by atoms with van der Waals surface area (Å²) in [5, 5.41) is 15.4. The number of aliphatic carboxylic acids is 2. The molecule has 0 atom stereocenters.